The third kappa shape index (κ3) is 6.68. The van der Waals surface area contributed by atoms with Gasteiger partial charge < -0.3 is 9.47 Å². The van der Waals surface area contributed by atoms with E-state index in [0.717, 1.165) is 12.2 Å². The Balaban J connectivity index is 1.74. The van der Waals surface area contributed by atoms with Crippen LogP contribution >= 0.6 is 0 Å². The fraction of sp³-hybridized carbons (Fsp3) is 0.227. The van der Waals surface area contributed by atoms with E-state index in [0.29, 0.717) is 24.3 Å². The number of nitrogens with zero attached hydrogens (tertiary/aromatic N) is 2. The van der Waals surface area contributed by atoms with Crippen LogP contribution in [-0.4, -0.2) is 12.6 Å². The molecule has 0 N–H and O–H groups in total. The lowest BCUT2D eigenvalue weighted by molar-refractivity contribution is -0.134. The van der Waals surface area contributed by atoms with E-state index in [1.807, 2.05) is 24.3 Å². The van der Waals surface area contributed by atoms with Crippen LogP contribution in [0.5, 0.6) is 11.5 Å². The van der Waals surface area contributed by atoms with Gasteiger partial charge in [-0.3, -0.25) is 4.79 Å². The monoisotopic (exact) mass is 360 g/mol. The molecule has 0 aliphatic heterocycles. The molecule has 0 amide bonds. The van der Waals surface area contributed by atoms with Gasteiger partial charge in [0.1, 0.15) is 29.2 Å². The third-order valence-electron chi connectivity index (χ3n) is 3.79. The van der Waals surface area contributed by atoms with Crippen molar-refractivity contribution < 1.29 is 14.3 Å². The average Bonchev–Trinajstić information content (AvgIpc) is 2.71. The van der Waals surface area contributed by atoms with Crippen LogP contribution in [0.1, 0.15) is 30.9 Å². The zero-order valence-corrected chi connectivity index (χ0v) is 15.1. The smallest absolute Gasteiger partial charge is 0.311 e. The van der Waals surface area contributed by atoms with Crippen LogP contribution < -0.4 is 9.47 Å². The van der Waals surface area contributed by atoms with Gasteiger partial charge in [0.15, 0.2) is 0 Å². The topological polar surface area (TPSA) is 83.1 Å². The number of nitriles is 2. The van der Waals surface area contributed by atoms with Gasteiger partial charge in [-0.15, -0.1) is 0 Å². The lowest BCUT2D eigenvalue weighted by atomic mass is 10.1. The van der Waals surface area contributed by atoms with Gasteiger partial charge in [0.25, 0.3) is 0 Å². The van der Waals surface area contributed by atoms with Gasteiger partial charge >= 0.3 is 5.97 Å². The van der Waals surface area contributed by atoms with Crippen molar-refractivity contribution in [2.24, 2.45) is 0 Å². The number of allylic oxidation sites excluding steroid dienone is 1. The zero-order valence-electron chi connectivity index (χ0n) is 15.1. The van der Waals surface area contributed by atoms with E-state index in [1.165, 1.54) is 11.6 Å². The highest BCUT2D eigenvalue weighted by Gasteiger charge is 2.05. The second-order valence-electron chi connectivity index (χ2n) is 5.77. The Morgan fingerprint density at radius 2 is 1.63 bits per heavy atom. The number of hydrogen-bond acceptors (Lipinski definition) is 5. The molecule has 136 valence electrons. The van der Waals surface area contributed by atoms with Gasteiger partial charge in [-0.1, -0.05) is 31.2 Å². The summed E-state index contributed by atoms with van der Waals surface area (Å²) in [5.41, 5.74) is 1.96. The molecule has 0 aliphatic carbocycles. The number of aryl methyl sites for hydroxylation is 1. The van der Waals surface area contributed by atoms with E-state index in [9.17, 15) is 4.79 Å². The quantitative estimate of drug-likeness (QED) is 0.301. The maximum atomic E-state index is 11.9. The maximum Gasteiger partial charge on any atom is 0.311 e. The highest BCUT2D eigenvalue weighted by molar-refractivity contribution is 5.72. The minimum Gasteiger partial charge on any atom is -0.494 e. The Kier molecular flexibility index (Phi) is 7.63. The molecule has 0 radical (unpaired) electrons. The van der Waals surface area contributed by atoms with Crippen molar-refractivity contribution in [3.8, 4) is 23.6 Å². The summed E-state index contributed by atoms with van der Waals surface area (Å²) in [5.74, 6) is 0.875. The largest absolute Gasteiger partial charge is 0.494 e. The first kappa shape index (κ1) is 19.8. The molecular formula is C22H20N2O3. The summed E-state index contributed by atoms with van der Waals surface area (Å²) in [5, 5.41) is 17.5. The van der Waals surface area contributed by atoms with Crippen molar-refractivity contribution in [2.45, 2.75) is 26.2 Å². The second kappa shape index (κ2) is 10.4. The van der Waals surface area contributed by atoms with Crippen LogP contribution in [0.2, 0.25) is 0 Å². The predicted molar refractivity (Wildman–Crippen MR) is 102 cm³/mol. The average molecular weight is 360 g/mol. The van der Waals surface area contributed by atoms with Gasteiger partial charge in [-0.05, 0) is 54.3 Å². The summed E-state index contributed by atoms with van der Waals surface area (Å²) in [6, 6.07) is 18.1. The summed E-state index contributed by atoms with van der Waals surface area (Å²) in [7, 11) is 0. The van der Waals surface area contributed by atoms with Crippen LogP contribution in [0.3, 0.4) is 0 Å². The number of esters is 1. The Hall–Kier alpha value is -3.57. The molecule has 0 unspecified atom stereocenters. The lowest BCUT2D eigenvalue weighted by Gasteiger charge is -2.07. The molecular weight excluding hydrogens is 340 g/mol. The summed E-state index contributed by atoms with van der Waals surface area (Å²) in [4.78, 5) is 11.9. The van der Waals surface area contributed by atoms with Gasteiger partial charge in [0.05, 0.1) is 6.61 Å². The molecule has 0 bridgehead atoms. The van der Waals surface area contributed by atoms with E-state index in [-0.39, 0.29) is 18.0 Å². The molecule has 0 fully saturated rings. The predicted octanol–water partition coefficient (Wildman–Crippen LogP) is 4.44. The number of ether oxygens (including phenoxy) is 2. The van der Waals surface area contributed by atoms with E-state index < -0.39 is 0 Å². The molecule has 2 rings (SSSR count). The van der Waals surface area contributed by atoms with Crippen LogP contribution in [0, 0.1) is 22.7 Å². The summed E-state index contributed by atoms with van der Waals surface area (Å²) in [6.07, 6.45) is 3.27. The molecule has 0 spiro atoms. The normalized spacial score (nSPS) is 9.59. The molecule has 0 aromatic heterocycles. The Morgan fingerprint density at radius 3 is 2.22 bits per heavy atom. The van der Waals surface area contributed by atoms with Crippen LogP contribution in [0.4, 0.5) is 0 Å². The standard InChI is InChI=1S/C22H20N2O3/c1-2-17-5-9-20(10-6-17)26-13-3-4-22(25)27-21-11-7-18(8-12-21)14-19(15-23)16-24/h5-12,14H,2-4,13H2,1H3. The fourth-order valence-electron chi connectivity index (χ4n) is 2.30. The molecule has 0 saturated carbocycles. The van der Waals surface area contributed by atoms with Gasteiger partial charge in [0, 0.05) is 6.42 Å². The van der Waals surface area contributed by atoms with Crippen molar-refractivity contribution in [3.05, 3.63) is 65.2 Å². The Labute approximate surface area is 159 Å². The Bertz CT molecular complexity index is 854. The van der Waals surface area contributed by atoms with Crippen molar-refractivity contribution in [1.29, 1.82) is 10.5 Å². The molecule has 0 atom stereocenters. The molecule has 5 nitrogen and oxygen atoms in total. The van der Waals surface area contributed by atoms with Crippen LogP contribution in [0.15, 0.2) is 54.1 Å². The SMILES string of the molecule is CCc1ccc(OCCCC(=O)Oc2ccc(C=C(C#N)C#N)cc2)cc1. The molecule has 0 saturated heterocycles. The van der Waals surface area contributed by atoms with E-state index in [4.69, 9.17) is 20.0 Å². The molecule has 27 heavy (non-hydrogen) atoms. The highest BCUT2D eigenvalue weighted by Crippen LogP contribution is 2.16. The van der Waals surface area contributed by atoms with E-state index >= 15 is 0 Å². The number of rotatable bonds is 8. The van der Waals surface area contributed by atoms with E-state index in [1.54, 1.807) is 36.4 Å². The highest BCUT2D eigenvalue weighted by atomic mass is 16.5. The van der Waals surface area contributed by atoms with Crippen molar-refractivity contribution in [3.63, 3.8) is 0 Å². The summed E-state index contributed by atoms with van der Waals surface area (Å²) in [6.45, 7) is 2.54. The van der Waals surface area contributed by atoms with Crippen molar-refractivity contribution in [2.75, 3.05) is 6.61 Å². The van der Waals surface area contributed by atoms with Gasteiger partial charge in [-0.25, -0.2) is 0 Å². The summed E-state index contributed by atoms with van der Waals surface area (Å²) >= 11 is 0. The lowest BCUT2D eigenvalue weighted by Crippen LogP contribution is -2.09. The molecule has 0 aliphatic rings. The molecule has 5 heteroatoms. The van der Waals surface area contributed by atoms with Crippen molar-refractivity contribution >= 4 is 12.0 Å². The van der Waals surface area contributed by atoms with Gasteiger partial charge in [0.2, 0.25) is 0 Å². The van der Waals surface area contributed by atoms with Gasteiger partial charge in [-0.2, -0.15) is 10.5 Å². The first-order chi connectivity index (χ1) is 13.1. The molecule has 0 heterocycles. The van der Waals surface area contributed by atoms with E-state index in [2.05, 4.69) is 6.92 Å². The third-order valence-corrected chi connectivity index (χ3v) is 3.79. The first-order valence-corrected chi connectivity index (χ1v) is 8.69. The number of carbonyl (C=O) groups excluding carboxylic acids is 1. The minimum absolute atomic E-state index is 0.0177. The number of hydrogen-bond donors (Lipinski definition) is 0. The molecule has 2 aromatic rings. The summed E-state index contributed by atoms with van der Waals surface area (Å²) < 4.78 is 10.9. The maximum absolute atomic E-state index is 11.9. The molecule has 2 aromatic carbocycles. The zero-order chi connectivity index (χ0) is 19.5. The number of benzene rings is 2. The van der Waals surface area contributed by atoms with Crippen LogP contribution in [0.25, 0.3) is 6.08 Å². The fourth-order valence-corrected chi connectivity index (χ4v) is 2.30. The minimum atomic E-state index is -0.335. The van der Waals surface area contributed by atoms with Crippen LogP contribution in [-0.2, 0) is 11.2 Å². The number of carbonyl (C=O) groups is 1. The first-order valence-electron chi connectivity index (χ1n) is 8.69. The van der Waals surface area contributed by atoms with Crippen molar-refractivity contribution in [1.82, 2.24) is 0 Å². The Morgan fingerprint density at radius 1 is 1.00 bits per heavy atom. The second-order valence-corrected chi connectivity index (χ2v) is 5.77.